The summed E-state index contributed by atoms with van der Waals surface area (Å²) in [6.07, 6.45) is 0. The maximum Gasteiger partial charge on any atom is 0.263 e. The molecule has 4 heteroatoms. The van der Waals surface area contributed by atoms with Crippen LogP contribution in [0.5, 0.6) is 0 Å². The summed E-state index contributed by atoms with van der Waals surface area (Å²) >= 11 is 0. The van der Waals surface area contributed by atoms with E-state index in [4.69, 9.17) is 5.73 Å². The minimum absolute atomic E-state index is 0.155. The zero-order valence-electron chi connectivity index (χ0n) is 30.4. The van der Waals surface area contributed by atoms with Crippen molar-refractivity contribution in [2.75, 3.05) is 4.90 Å². The first-order valence-corrected chi connectivity index (χ1v) is 17.9. The van der Waals surface area contributed by atoms with Gasteiger partial charge in [-0.05, 0) is 95.8 Å². The Morgan fingerprint density at radius 2 is 0.840 bits per heavy atom. The van der Waals surface area contributed by atoms with Gasteiger partial charge in [-0.2, -0.15) is 0 Å². The molecule has 0 saturated heterocycles. The normalized spacial score (nSPS) is 12.2. The van der Waals surface area contributed by atoms with E-state index in [1.807, 2.05) is 17.0 Å². The van der Waals surface area contributed by atoms with Gasteiger partial charge in [-0.15, -0.1) is 0 Å². The van der Waals surface area contributed by atoms with Crippen LogP contribution in [0.4, 0.5) is 11.4 Å². The van der Waals surface area contributed by atoms with Gasteiger partial charge in [0.1, 0.15) is 0 Å². The first kappa shape index (κ1) is 33.3. The van der Waals surface area contributed by atoms with Crippen LogP contribution < -0.4 is 10.6 Å². The van der Waals surface area contributed by atoms with Crippen LogP contribution in [-0.4, -0.2) is 11.8 Å². The van der Waals surface area contributed by atoms with E-state index in [9.17, 15) is 4.79 Å². The van der Waals surface area contributed by atoms with E-state index >= 15 is 4.79 Å². The first-order valence-electron chi connectivity index (χ1n) is 17.9. The van der Waals surface area contributed by atoms with E-state index in [0.717, 1.165) is 65.9 Å². The highest BCUT2D eigenvalue weighted by atomic mass is 16.2. The summed E-state index contributed by atoms with van der Waals surface area (Å²) < 4.78 is 0. The van der Waals surface area contributed by atoms with Gasteiger partial charge in [0.05, 0.1) is 11.4 Å². The largest absolute Gasteiger partial charge is 0.366 e. The number of para-hydroxylation sites is 2. The average Bonchev–Trinajstić information content (AvgIpc) is 3.09. The molecule has 2 amide bonds. The Labute approximate surface area is 295 Å². The van der Waals surface area contributed by atoms with Crippen LogP contribution in [0.3, 0.4) is 0 Å². The molecule has 0 aliphatic rings. The lowest BCUT2D eigenvalue weighted by molar-refractivity contribution is 0.0997. The molecule has 0 atom stereocenters. The highest BCUT2D eigenvalue weighted by Crippen LogP contribution is 2.47. The minimum Gasteiger partial charge on any atom is -0.366 e. The molecule has 0 saturated carbocycles. The molecule has 0 heterocycles. The average molecular weight is 659 g/mol. The zero-order valence-corrected chi connectivity index (χ0v) is 30.4. The lowest BCUT2D eigenvalue weighted by Crippen LogP contribution is -2.31. The number of rotatable bonds is 8. The smallest absolute Gasteiger partial charge is 0.263 e. The quantitative estimate of drug-likeness (QED) is 0.130. The van der Waals surface area contributed by atoms with Crippen LogP contribution in [0.15, 0.2) is 97.1 Å². The van der Waals surface area contributed by atoms with Crippen LogP contribution in [-0.2, 0) is 0 Å². The number of amides is 2. The Morgan fingerprint density at radius 1 is 0.460 bits per heavy atom. The van der Waals surface area contributed by atoms with Crippen molar-refractivity contribution in [2.45, 2.75) is 79.1 Å². The first-order chi connectivity index (χ1) is 23.9. The van der Waals surface area contributed by atoms with Crippen molar-refractivity contribution < 1.29 is 9.59 Å². The van der Waals surface area contributed by atoms with Crippen LogP contribution in [0.2, 0.25) is 0 Å². The molecule has 0 aliphatic heterocycles. The molecular formula is C46H46N2O2. The number of primary amides is 1. The topological polar surface area (TPSA) is 63.4 Å². The highest BCUT2D eigenvalue weighted by molar-refractivity contribution is 6.37. The van der Waals surface area contributed by atoms with Gasteiger partial charge in [0.15, 0.2) is 0 Å². The van der Waals surface area contributed by atoms with Gasteiger partial charge in [0.25, 0.3) is 5.91 Å². The van der Waals surface area contributed by atoms with Crippen molar-refractivity contribution in [3.8, 4) is 0 Å². The van der Waals surface area contributed by atoms with Crippen molar-refractivity contribution in [1.82, 2.24) is 0 Å². The van der Waals surface area contributed by atoms with Gasteiger partial charge < -0.3 is 5.73 Å². The molecule has 0 aromatic heterocycles. The van der Waals surface area contributed by atoms with E-state index < -0.39 is 5.91 Å². The number of nitrogens with two attached hydrogens (primary N) is 1. The lowest BCUT2D eigenvalue weighted by atomic mass is 9.85. The van der Waals surface area contributed by atoms with Crippen molar-refractivity contribution >= 4 is 66.3 Å². The maximum absolute atomic E-state index is 16.0. The van der Waals surface area contributed by atoms with E-state index in [0.29, 0.717) is 16.5 Å². The molecule has 252 valence electrons. The molecule has 2 N–H and O–H groups in total. The van der Waals surface area contributed by atoms with E-state index in [2.05, 4.69) is 134 Å². The van der Waals surface area contributed by atoms with Gasteiger partial charge >= 0.3 is 0 Å². The molecule has 7 rings (SSSR count). The van der Waals surface area contributed by atoms with Crippen LogP contribution >= 0.6 is 0 Å². The van der Waals surface area contributed by atoms with Gasteiger partial charge in [-0.25, -0.2) is 0 Å². The minimum atomic E-state index is -0.553. The SMILES string of the molecule is CC(C)c1cccc(C(C)C)c1N(C(=O)c1ccc2c3cccc4cccc(c5ccc(C(N)=O)c1c52)c43)c1c(C(C)C)cccc1C(C)C. The summed E-state index contributed by atoms with van der Waals surface area (Å²) in [5.74, 6) is -0.102. The Hall–Kier alpha value is -5.22. The second kappa shape index (κ2) is 12.6. The van der Waals surface area contributed by atoms with Crippen LogP contribution in [0.25, 0.3) is 43.1 Å². The molecule has 0 fully saturated rings. The monoisotopic (exact) mass is 658 g/mol. The van der Waals surface area contributed by atoms with Crippen molar-refractivity contribution in [3.63, 3.8) is 0 Å². The molecule has 7 aromatic carbocycles. The van der Waals surface area contributed by atoms with Crippen molar-refractivity contribution in [2.24, 2.45) is 5.73 Å². The van der Waals surface area contributed by atoms with E-state index in [1.54, 1.807) is 6.07 Å². The molecule has 0 bridgehead atoms. The van der Waals surface area contributed by atoms with E-state index in [1.165, 1.54) is 5.39 Å². The summed E-state index contributed by atoms with van der Waals surface area (Å²) in [5, 5.41) is 8.01. The van der Waals surface area contributed by atoms with Crippen molar-refractivity contribution in [3.05, 3.63) is 130 Å². The number of benzene rings is 7. The number of hydrogen-bond donors (Lipinski definition) is 1. The third-order valence-corrected chi connectivity index (χ3v) is 10.5. The number of carbonyl (C=O) groups is 2. The molecule has 50 heavy (non-hydrogen) atoms. The van der Waals surface area contributed by atoms with E-state index in [-0.39, 0.29) is 29.6 Å². The molecule has 7 aromatic rings. The molecule has 0 spiro atoms. The van der Waals surface area contributed by atoms with Crippen molar-refractivity contribution in [1.29, 1.82) is 0 Å². The second-order valence-corrected chi connectivity index (χ2v) is 15.0. The standard InChI is InChI=1S/C46H46N2O2/c1-25(2)30-15-11-16-31(26(3)4)43(30)48(44-32(27(5)6)17-12-18-33(44)28(7)8)46(50)39-24-22-37-35-20-10-14-29-13-9-19-34(40(29)35)36-21-23-38(45(47)49)42(39)41(36)37/h9-28H,1-8H3,(H2,47,49). The lowest BCUT2D eigenvalue weighted by Gasteiger charge is -2.35. The third-order valence-electron chi connectivity index (χ3n) is 10.5. The predicted molar refractivity (Wildman–Crippen MR) is 212 cm³/mol. The number of nitrogens with zero attached hydrogens (tertiary/aromatic N) is 1. The fourth-order valence-corrected chi connectivity index (χ4v) is 8.09. The Kier molecular flexibility index (Phi) is 8.38. The third kappa shape index (κ3) is 5.12. The Balaban J connectivity index is 1.67. The summed E-state index contributed by atoms with van der Waals surface area (Å²) in [4.78, 5) is 31.3. The van der Waals surface area contributed by atoms with Gasteiger partial charge in [-0.1, -0.05) is 140 Å². The summed E-state index contributed by atoms with van der Waals surface area (Å²) in [6.45, 7) is 17.5. The summed E-state index contributed by atoms with van der Waals surface area (Å²) in [7, 11) is 0. The maximum atomic E-state index is 16.0. The molecule has 0 radical (unpaired) electrons. The number of anilines is 2. The Morgan fingerprint density at radius 3 is 1.24 bits per heavy atom. The summed E-state index contributed by atoms with van der Waals surface area (Å²) in [5.41, 5.74) is 13.3. The number of fused-ring (bicyclic) bond motifs is 2. The molecular weight excluding hydrogens is 613 g/mol. The molecule has 4 nitrogen and oxygen atoms in total. The Bertz CT molecular complexity index is 2280. The van der Waals surface area contributed by atoms with Crippen LogP contribution in [0.1, 0.15) is 122 Å². The number of carbonyl (C=O) groups excluding carboxylic acids is 2. The van der Waals surface area contributed by atoms with Gasteiger partial charge in [0.2, 0.25) is 5.91 Å². The van der Waals surface area contributed by atoms with Crippen LogP contribution in [0, 0.1) is 0 Å². The number of hydrogen-bond acceptors (Lipinski definition) is 2. The highest BCUT2D eigenvalue weighted by Gasteiger charge is 2.33. The summed E-state index contributed by atoms with van der Waals surface area (Å²) in [6, 6.07) is 33.3. The molecule has 0 aliphatic carbocycles. The fourth-order valence-electron chi connectivity index (χ4n) is 8.09. The fraction of sp³-hybridized carbons (Fsp3) is 0.261. The second-order valence-electron chi connectivity index (χ2n) is 15.0. The predicted octanol–water partition coefficient (Wildman–Crippen LogP) is 12.3. The van der Waals surface area contributed by atoms with Gasteiger partial charge in [-0.3, -0.25) is 14.5 Å². The zero-order chi connectivity index (χ0) is 35.6. The van der Waals surface area contributed by atoms with Gasteiger partial charge in [0, 0.05) is 16.5 Å². The molecule has 0 unspecified atom stereocenters.